The third-order valence-electron chi connectivity index (χ3n) is 5.88. The van der Waals surface area contributed by atoms with Crippen LogP contribution in [-0.4, -0.2) is 81.2 Å². The molecule has 0 saturated carbocycles. The first kappa shape index (κ1) is 33.0. The van der Waals surface area contributed by atoms with Gasteiger partial charge in [0.1, 0.15) is 0 Å². The van der Waals surface area contributed by atoms with E-state index in [-0.39, 0.29) is 50.7 Å². The Bertz CT molecular complexity index is 1620. The Morgan fingerprint density at radius 3 is 2.02 bits per heavy atom. The number of phenolic OH excluding ortho intramolecular Hbond substituents is 1. The summed E-state index contributed by atoms with van der Waals surface area (Å²) >= 11 is -3.96. The number of carboxylic acids is 1. The summed E-state index contributed by atoms with van der Waals surface area (Å²) in [5, 5.41) is 21.1. The van der Waals surface area contributed by atoms with Crippen molar-refractivity contribution in [3.05, 3.63) is 63.8 Å². The van der Waals surface area contributed by atoms with Crippen LogP contribution in [0.15, 0.2) is 45.6 Å². The van der Waals surface area contributed by atoms with Gasteiger partial charge in [-0.1, -0.05) is 0 Å². The zero-order valence-electron chi connectivity index (χ0n) is 20.4. The molecule has 1 atom stereocenters. The van der Waals surface area contributed by atoms with E-state index in [0.717, 1.165) is 35.1 Å². The molecule has 4 aliphatic rings. The van der Waals surface area contributed by atoms with E-state index in [1.807, 2.05) is 0 Å². The van der Waals surface area contributed by atoms with Crippen LogP contribution < -0.4 is 14.1 Å². The molecule has 41 heavy (non-hydrogen) atoms. The van der Waals surface area contributed by atoms with Crippen molar-refractivity contribution < 1.29 is 40.8 Å². The molecule has 6 rings (SSSR count). The zero-order chi connectivity index (χ0) is 29.8. The van der Waals surface area contributed by atoms with E-state index >= 15 is 8.78 Å². The molecule has 0 radical (unpaired) electrons. The van der Waals surface area contributed by atoms with Gasteiger partial charge in [0.25, 0.3) is 0 Å². The van der Waals surface area contributed by atoms with E-state index in [1.54, 1.807) is 58.3 Å². The number of fused-ring (bicyclic) bond motifs is 2. The van der Waals surface area contributed by atoms with Crippen LogP contribution in [0.2, 0.25) is 0 Å². The first-order chi connectivity index (χ1) is 19.9. The number of halogens is 5. The molecule has 0 bridgehead atoms. The summed E-state index contributed by atoms with van der Waals surface area (Å²) in [5.74, 6) is 0.217. The Labute approximate surface area is 261 Å². The quantitative estimate of drug-likeness (QED) is 0.169. The van der Waals surface area contributed by atoms with Crippen LogP contribution in [0.4, 0.5) is 21.4 Å². The number of hydrogen-bond donors (Lipinski definition) is 2. The fourth-order valence-electron chi connectivity index (χ4n) is 4.36. The molecule has 218 valence electrons. The molecule has 1 unspecified atom stereocenters. The Balaban J connectivity index is 0.000000929. The van der Waals surface area contributed by atoms with Crippen molar-refractivity contribution in [2.24, 2.45) is 0 Å². The van der Waals surface area contributed by atoms with Gasteiger partial charge in [0, 0.05) is 9.15 Å². The molecule has 1 aliphatic carbocycles. The normalized spacial score (nSPS) is 15.5. The number of carboxylic acid groups (broad SMARTS) is 1. The summed E-state index contributed by atoms with van der Waals surface area (Å²) in [6.07, 6.45) is 0. The Kier molecular flexibility index (Phi) is 11.9. The second kappa shape index (κ2) is 14.7. The Morgan fingerprint density at radius 2 is 1.44 bits per heavy atom. The molecule has 2 aromatic carbocycles. The van der Waals surface area contributed by atoms with Gasteiger partial charge in [0.05, 0.1) is 0 Å². The first-order valence-electron chi connectivity index (χ1n) is 11.3. The Hall–Kier alpha value is -0.875. The third-order valence-corrected chi connectivity index (χ3v) is 33.0. The van der Waals surface area contributed by atoms with Crippen LogP contribution in [-0.2, 0) is 0 Å². The molecule has 5 nitrogen and oxygen atoms in total. The number of carbonyl (C=O) groups is 1. The van der Waals surface area contributed by atoms with Gasteiger partial charge in [-0.05, 0) is 0 Å². The molecule has 0 spiro atoms. The molecule has 2 saturated heterocycles. The van der Waals surface area contributed by atoms with Crippen molar-refractivity contribution >= 4 is 108 Å². The van der Waals surface area contributed by atoms with Gasteiger partial charge in [-0.15, -0.1) is 0 Å². The van der Waals surface area contributed by atoms with E-state index < -0.39 is 53.5 Å². The number of aromatic carboxylic acids is 1. The maximum atomic E-state index is 15.3. The Morgan fingerprint density at radius 1 is 0.878 bits per heavy atom. The summed E-state index contributed by atoms with van der Waals surface area (Å²) in [5.41, 5.74) is 0.306. The SMILES string of the molecule is FF.F[AsH2].O=C(O)c1ccccc1-c1c2cc(F)c(=O)c([As]3SCCS3)c-2oc2c([As]3SCCS3)c(O)c(F)cc12. The second-order valence-corrected chi connectivity index (χ2v) is 31.2. The molecule has 2 aromatic rings. The summed E-state index contributed by atoms with van der Waals surface area (Å²) in [7, 11) is 6.71. The maximum absolute atomic E-state index is 15.3. The minimum absolute atomic E-state index is 0.0376. The van der Waals surface area contributed by atoms with Crippen molar-refractivity contribution in [1.29, 1.82) is 0 Å². The number of rotatable bonds is 4. The average Bonchev–Trinajstić information content (AvgIpc) is 3.71. The van der Waals surface area contributed by atoms with Gasteiger partial charge < -0.3 is 0 Å². The molecule has 0 aromatic heterocycles. The van der Waals surface area contributed by atoms with Crippen molar-refractivity contribution in [3.63, 3.8) is 0 Å². The van der Waals surface area contributed by atoms with Gasteiger partial charge in [-0.2, -0.15) is 0 Å². The summed E-state index contributed by atoms with van der Waals surface area (Å²) in [6, 6.07) is 8.49. The second-order valence-electron chi connectivity index (χ2n) is 8.02. The summed E-state index contributed by atoms with van der Waals surface area (Å²) in [6.45, 7) is 0. The van der Waals surface area contributed by atoms with Gasteiger partial charge >= 0.3 is 254 Å². The summed E-state index contributed by atoms with van der Waals surface area (Å²) < 4.78 is 63.2. The molecular formula is C24H18As3F5O5S4. The minimum atomic E-state index is -2.10. The van der Waals surface area contributed by atoms with Crippen molar-refractivity contribution in [1.82, 2.24) is 0 Å². The monoisotopic (exact) mass is 834 g/mol. The van der Waals surface area contributed by atoms with Crippen LogP contribution in [0, 0.1) is 11.6 Å². The predicted molar refractivity (Wildman–Crippen MR) is 166 cm³/mol. The van der Waals surface area contributed by atoms with Crippen LogP contribution in [0.1, 0.15) is 10.4 Å². The van der Waals surface area contributed by atoms with E-state index in [2.05, 4.69) is 0 Å². The van der Waals surface area contributed by atoms with Crippen LogP contribution >= 0.6 is 40.1 Å². The summed E-state index contributed by atoms with van der Waals surface area (Å²) in [4.78, 5) is 25.4. The van der Waals surface area contributed by atoms with Gasteiger partial charge in [0.15, 0.2) is 0 Å². The van der Waals surface area contributed by atoms with Gasteiger partial charge in [-0.25, -0.2) is 0 Å². The molecule has 2 N–H and O–H groups in total. The number of phenols is 1. The van der Waals surface area contributed by atoms with E-state index in [9.17, 15) is 23.3 Å². The topological polar surface area (TPSA) is 87.7 Å². The standard InChI is InChI=1S/C24H16As2F2O5S4.AsFH2.F2/c27-15-9-13-17(11-3-1-2-4-12(11)24(31)32)14-10-16(28)21(30)19(26-36-7-8-37-26)23(14)33-22(13)18(20(15)29)25-34-5-6-35-25;2*1-2/h1-4,9-10,29H,5-8H2,(H,31,32);1H2;. The fourth-order valence-corrected chi connectivity index (χ4v) is 33.9. The molecule has 17 heteroatoms. The zero-order valence-corrected chi connectivity index (χ0v) is 29.8. The van der Waals surface area contributed by atoms with Crippen molar-refractivity contribution in [2.75, 3.05) is 23.0 Å². The van der Waals surface area contributed by atoms with E-state index in [1.165, 1.54) is 6.07 Å². The average molecular weight is 834 g/mol. The molecule has 0 amide bonds. The number of aromatic hydroxyl groups is 1. The van der Waals surface area contributed by atoms with Crippen molar-refractivity contribution in [3.8, 4) is 28.2 Å². The molecular weight excluding hydrogens is 816 g/mol. The third kappa shape index (κ3) is 6.35. The van der Waals surface area contributed by atoms with Gasteiger partial charge in [-0.3, -0.25) is 0 Å². The fraction of sp³-hybridized carbons (Fsp3) is 0.167. The molecule has 3 aliphatic heterocycles. The van der Waals surface area contributed by atoms with Crippen LogP contribution in [0.25, 0.3) is 33.4 Å². The van der Waals surface area contributed by atoms with E-state index in [0.29, 0.717) is 14.3 Å². The van der Waals surface area contributed by atoms with Crippen molar-refractivity contribution in [2.45, 2.75) is 0 Å². The van der Waals surface area contributed by atoms with Gasteiger partial charge in [0.2, 0.25) is 0 Å². The number of hydrogen-bond acceptors (Lipinski definition) is 8. The van der Waals surface area contributed by atoms with Crippen LogP contribution in [0.5, 0.6) is 5.75 Å². The molecule has 3 heterocycles. The van der Waals surface area contributed by atoms with E-state index in [4.69, 9.17) is 13.6 Å². The van der Waals surface area contributed by atoms with Crippen LogP contribution in [0.3, 0.4) is 0 Å². The predicted octanol–water partition coefficient (Wildman–Crippen LogP) is 4.94. The first-order valence-corrected chi connectivity index (χ1v) is 27.1. The number of benzene rings is 3. The molecule has 2 fully saturated rings.